The number of carbonyl (C=O) groups excluding carboxylic acids is 1. The zero-order valence-corrected chi connectivity index (χ0v) is 21.4. The van der Waals surface area contributed by atoms with E-state index in [-0.39, 0.29) is 11.9 Å². The largest absolute Gasteiger partial charge is 0.286 e. The molecule has 0 bridgehead atoms. The molecule has 0 aliphatic carbocycles. The van der Waals surface area contributed by atoms with Crippen molar-refractivity contribution in [3.8, 4) is 16.9 Å². The van der Waals surface area contributed by atoms with Crippen LogP contribution in [0.4, 0.5) is 0 Å². The molecule has 1 amide bonds. The summed E-state index contributed by atoms with van der Waals surface area (Å²) in [6, 6.07) is 26.2. The van der Waals surface area contributed by atoms with E-state index in [0.717, 1.165) is 39.2 Å². The fraction of sp³-hybridized carbons (Fsp3) is 0.138. The molecule has 1 aromatic heterocycles. The van der Waals surface area contributed by atoms with Crippen LogP contribution >= 0.6 is 24.0 Å². The smallest absolute Gasteiger partial charge is 0.266 e. The summed E-state index contributed by atoms with van der Waals surface area (Å²) in [7, 11) is 0. The number of carbonyl (C=O) groups is 1. The molecule has 1 atom stereocenters. The normalized spacial score (nSPS) is 15.7. The van der Waals surface area contributed by atoms with Crippen LogP contribution in [0.2, 0.25) is 0 Å². The first-order valence-electron chi connectivity index (χ1n) is 11.5. The number of aromatic nitrogens is 2. The van der Waals surface area contributed by atoms with Crippen LogP contribution in [-0.2, 0) is 4.79 Å². The molecule has 35 heavy (non-hydrogen) atoms. The topological polar surface area (TPSA) is 38.1 Å². The quantitative estimate of drug-likeness (QED) is 0.218. The van der Waals surface area contributed by atoms with Crippen LogP contribution in [0, 0.1) is 13.8 Å². The Labute approximate surface area is 215 Å². The Kier molecular flexibility index (Phi) is 6.41. The minimum absolute atomic E-state index is 0.0734. The van der Waals surface area contributed by atoms with E-state index in [1.54, 1.807) is 4.90 Å². The molecule has 4 nitrogen and oxygen atoms in total. The molecule has 4 aromatic rings. The van der Waals surface area contributed by atoms with Gasteiger partial charge in [0, 0.05) is 17.3 Å². The summed E-state index contributed by atoms with van der Waals surface area (Å²) in [4.78, 5) is 15.8. The predicted octanol–water partition coefficient (Wildman–Crippen LogP) is 7.12. The standard InChI is InChI=1S/C29H25N3OS2/c1-19-14-15-20(2)25(16-19)27-23(18-31(30-27)24-12-8-5-9-13-24)17-26-28(33)32(29(34)35-26)21(3)22-10-6-4-7-11-22/h4-18,21H,1-3H3/b26-17-. The van der Waals surface area contributed by atoms with Crippen LogP contribution in [0.3, 0.4) is 0 Å². The van der Waals surface area contributed by atoms with E-state index in [1.807, 2.05) is 84.5 Å². The van der Waals surface area contributed by atoms with Crippen LogP contribution in [0.15, 0.2) is 90.0 Å². The van der Waals surface area contributed by atoms with Crippen LogP contribution in [0.1, 0.15) is 35.2 Å². The fourth-order valence-corrected chi connectivity index (χ4v) is 5.65. The van der Waals surface area contributed by atoms with Gasteiger partial charge < -0.3 is 0 Å². The van der Waals surface area contributed by atoms with Gasteiger partial charge in [-0.05, 0) is 56.2 Å². The molecular weight excluding hydrogens is 470 g/mol. The van der Waals surface area contributed by atoms with Crippen molar-refractivity contribution in [2.24, 2.45) is 0 Å². The predicted molar refractivity (Wildman–Crippen MR) is 148 cm³/mol. The minimum Gasteiger partial charge on any atom is -0.286 e. The molecule has 0 saturated carbocycles. The van der Waals surface area contributed by atoms with Crippen molar-refractivity contribution in [1.29, 1.82) is 0 Å². The molecule has 3 aromatic carbocycles. The van der Waals surface area contributed by atoms with Crippen molar-refractivity contribution in [2.75, 3.05) is 0 Å². The van der Waals surface area contributed by atoms with E-state index in [2.05, 4.69) is 32.0 Å². The highest BCUT2D eigenvalue weighted by Crippen LogP contribution is 2.39. The molecule has 2 heterocycles. The van der Waals surface area contributed by atoms with Crippen molar-refractivity contribution < 1.29 is 4.79 Å². The second kappa shape index (κ2) is 9.64. The summed E-state index contributed by atoms with van der Waals surface area (Å²) in [6.07, 6.45) is 3.92. The maximum Gasteiger partial charge on any atom is 0.266 e. The third-order valence-corrected chi connectivity index (χ3v) is 7.52. The third kappa shape index (κ3) is 4.59. The number of aryl methyl sites for hydroxylation is 2. The number of para-hydroxylation sites is 1. The van der Waals surface area contributed by atoms with Crippen LogP contribution in [-0.4, -0.2) is 24.9 Å². The van der Waals surface area contributed by atoms with Gasteiger partial charge >= 0.3 is 0 Å². The fourth-order valence-electron chi connectivity index (χ4n) is 4.24. The van der Waals surface area contributed by atoms with Gasteiger partial charge in [0.2, 0.25) is 0 Å². The van der Waals surface area contributed by atoms with E-state index >= 15 is 0 Å². The van der Waals surface area contributed by atoms with Gasteiger partial charge in [-0.1, -0.05) is 90.2 Å². The number of nitrogens with zero attached hydrogens (tertiary/aromatic N) is 3. The zero-order chi connectivity index (χ0) is 24.5. The third-order valence-electron chi connectivity index (χ3n) is 6.19. The summed E-state index contributed by atoms with van der Waals surface area (Å²) in [5.74, 6) is -0.0734. The number of hydrogen-bond donors (Lipinski definition) is 0. The summed E-state index contributed by atoms with van der Waals surface area (Å²) < 4.78 is 2.44. The lowest BCUT2D eigenvalue weighted by atomic mass is 10.00. The Balaban J connectivity index is 1.58. The maximum absolute atomic E-state index is 13.5. The van der Waals surface area contributed by atoms with Gasteiger partial charge in [-0.15, -0.1) is 0 Å². The number of benzene rings is 3. The van der Waals surface area contributed by atoms with Gasteiger partial charge in [-0.3, -0.25) is 9.69 Å². The minimum atomic E-state index is -0.139. The monoisotopic (exact) mass is 495 g/mol. The molecular formula is C29H25N3OS2. The molecule has 6 heteroatoms. The van der Waals surface area contributed by atoms with Crippen molar-refractivity contribution in [1.82, 2.24) is 14.7 Å². The van der Waals surface area contributed by atoms with E-state index in [4.69, 9.17) is 17.3 Å². The van der Waals surface area contributed by atoms with Crippen molar-refractivity contribution >= 4 is 40.3 Å². The molecule has 0 spiro atoms. The molecule has 1 fully saturated rings. The number of hydrogen-bond acceptors (Lipinski definition) is 4. The highest BCUT2D eigenvalue weighted by molar-refractivity contribution is 8.26. The second-order valence-electron chi connectivity index (χ2n) is 8.67. The zero-order valence-electron chi connectivity index (χ0n) is 19.8. The highest BCUT2D eigenvalue weighted by Gasteiger charge is 2.36. The Morgan fingerprint density at radius 2 is 1.66 bits per heavy atom. The van der Waals surface area contributed by atoms with E-state index in [9.17, 15) is 4.79 Å². The molecule has 0 N–H and O–H groups in total. The van der Waals surface area contributed by atoms with Crippen LogP contribution in [0.25, 0.3) is 23.0 Å². The Hall–Kier alpha value is -3.48. The molecule has 174 valence electrons. The number of thiocarbonyl (C=S) groups is 1. The number of thioether (sulfide) groups is 1. The Morgan fingerprint density at radius 3 is 2.37 bits per heavy atom. The SMILES string of the molecule is Cc1ccc(C)c(-c2nn(-c3ccccc3)cc2/C=C2\SC(=S)N(C(C)c3ccccc3)C2=O)c1. The average Bonchev–Trinajstić information content (AvgIpc) is 3.41. The number of rotatable bonds is 5. The van der Waals surface area contributed by atoms with Gasteiger partial charge in [-0.2, -0.15) is 5.10 Å². The molecule has 5 rings (SSSR count). The van der Waals surface area contributed by atoms with Gasteiger partial charge in [0.15, 0.2) is 0 Å². The van der Waals surface area contributed by atoms with E-state index in [0.29, 0.717) is 9.23 Å². The number of amides is 1. The lowest BCUT2D eigenvalue weighted by Crippen LogP contribution is -2.30. The maximum atomic E-state index is 13.5. The van der Waals surface area contributed by atoms with Gasteiger partial charge in [0.25, 0.3) is 5.91 Å². The van der Waals surface area contributed by atoms with Gasteiger partial charge in [0.05, 0.1) is 16.6 Å². The summed E-state index contributed by atoms with van der Waals surface area (Å²) in [5, 5.41) is 4.95. The molecule has 1 aliphatic rings. The van der Waals surface area contributed by atoms with Gasteiger partial charge in [0.1, 0.15) is 10.0 Å². The summed E-state index contributed by atoms with van der Waals surface area (Å²) in [6.45, 7) is 6.17. The van der Waals surface area contributed by atoms with Crippen molar-refractivity contribution in [2.45, 2.75) is 26.8 Å². The Bertz CT molecular complexity index is 1440. The Morgan fingerprint density at radius 1 is 0.971 bits per heavy atom. The van der Waals surface area contributed by atoms with E-state index in [1.165, 1.54) is 11.8 Å². The second-order valence-corrected chi connectivity index (χ2v) is 10.3. The first-order chi connectivity index (χ1) is 16.9. The molecule has 1 unspecified atom stereocenters. The summed E-state index contributed by atoms with van der Waals surface area (Å²) in [5.41, 5.74) is 7.09. The lowest BCUT2D eigenvalue weighted by Gasteiger charge is -2.23. The van der Waals surface area contributed by atoms with Crippen LogP contribution in [0.5, 0.6) is 0 Å². The molecule has 1 aliphatic heterocycles. The summed E-state index contributed by atoms with van der Waals surface area (Å²) >= 11 is 6.99. The lowest BCUT2D eigenvalue weighted by molar-refractivity contribution is -0.123. The van der Waals surface area contributed by atoms with Crippen molar-refractivity contribution in [3.63, 3.8) is 0 Å². The van der Waals surface area contributed by atoms with Crippen molar-refractivity contribution in [3.05, 3.63) is 112 Å². The molecule has 1 saturated heterocycles. The first-order valence-corrected chi connectivity index (χ1v) is 12.7. The molecule has 0 radical (unpaired) electrons. The highest BCUT2D eigenvalue weighted by atomic mass is 32.2. The van der Waals surface area contributed by atoms with E-state index < -0.39 is 0 Å². The average molecular weight is 496 g/mol. The van der Waals surface area contributed by atoms with Crippen LogP contribution < -0.4 is 0 Å². The first kappa shape index (κ1) is 23.3. The van der Waals surface area contributed by atoms with Gasteiger partial charge in [-0.25, -0.2) is 4.68 Å².